The molecule has 2 heterocycles. The van der Waals surface area contributed by atoms with Crippen LogP contribution in [0.1, 0.15) is 66.7 Å². The zero-order valence-electron chi connectivity index (χ0n) is 21.1. The number of hydrogen-bond acceptors (Lipinski definition) is 6. The second kappa shape index (κ2) is 10.6. The third kappa shape index (κ3) is 5.97. The van der Waals surface area contributed by atoms with Crippen molar-refractivity contribution in [2.45, 2.75) is 104 Å². The van der Waals surface area contributed by atoms with E-state index in [1.807, 2.05) is 20.1 Å². The molecule has 32 heavy (non-hydrogen) atoms. The number of hydrogen-bond donors (Lipinski definition) is 1. The van der Waals surface area contributed by atoms with Crippen LogP contribution in [0.15, 0.2) is 23.2 Å². The molecular formula is C25H44O6Si. The van der Waals surface area contributed by atoms with Crippen LogP contribution in [0.25, 0.3) is 0 Å². The molecule has 0 aromatic heterocycles. The molecule has 0 radical (unpaired) electrons. The lowest BCUT2D eigenvalue weighted by molar-refractivity contribution is -0.122. The van der Waals surface area contributed by atoms with Crippen LogP contribution >= 0.6 is 0 Å². The Morgan fingerprint density at radius 2 is 2.03 bits per heavy atom. The second-order valence-corrected chi connectivity index (χ2v) is 15.7. The first-order valence-electron chi connectivity index (χ1n) is 12.3. The van der Waals surface area contributed by atoms with Crippen LogP contribution in [0.4, 0.5) is 0 Å². The minimum absolute atomic E-state index is 0.0250. The minimum atomic E-state index is -1.98. The van der Waals surface area contributed by atoms with E-state index >= 15 is 0 Å². The summed E-state index contributed by atoms with van der Waals surface area (Å²) in [6.45, 7) is 16.5. The molecule has 6 nitrogen and oxygen atoms in total. The van der Waals surface area contributed by atoms with Gasteiger partial charge in [0.2, 0.25) is 6.29 Å². The predicted octanol–water partition coefficient (Wildman–Crippen LogP) is 5.49. The maximum Gasteiger partial charge on any atom is 0.202 e. The van der Waals surface area contributed by atoms with Crippen molar-refractivity contribution in [1.29, 1.82) is 0 Å². The van der Waals surface area contributed by atoms with Crippen molar-refractivity contribution in [3.8, 4) is 0 Å². The molecular weight excluding hydrogens is 424 g/mol. The zero-order chi connectivity index (χ0) is 23.5. The van der Waals surface area contributed by atoms with Crippen LogP contribution in [0.2, 0.25) is 18.1 Å². The summed E-state index contributed by atoms with van der Waals surface area (Å²) in [5.74, 6) is 1.42. The third-order valence-electron chi connectivity index (χ3n) is 7.55. The first kappa shape index (κ1) is 25.8. The SMILES string of the molecule is CCO[C@@H]1C[C@@H]2CCC/C(=C3\COC(C[C@H](O[Si](C)(C)C(C)(C)C)[C@@H](C)CO)O3)C2=CO1. The Morgan fingerprint density at radius 3 is 2.69 bits per heavy atom. The van der Waals surface area contributed by atoms with E-state index < -0.39 is 8.32 Å². The average Bonchev–Trinajstić information content (AvgIpc) is 3.19. The topological polar surface area (TPSA) is 66.4 Å². The molecule has 1 N–H and O–H groups in total. The molecule has 0 amide bonds. The fourth-order valence-electron chi connectivity index (χ4n) is 4.44. The van der Waals surface area contributed by atoms with Crippen molar-refractivity contribution in [2.75, 3.05) is 19.8 Å². The smallest absolute Gasteiger partial charge is 0.202 e. The number of rotatable bonds is 8. The summed E-state index contributed by atoms with van der Waals surface area (Å²) in [6.07, 6.45) is 6.13. The van der Waals surface area contributed by atoms with Gasteiger partial charge in [-0.25, -0.2) is 0 Å². The molecule has 2 fully saturated rings. The third-order valence-corrected chi connectivity index (χ3v) is 12.1. The highest BCUT2D eigenvalue weighted by Crippen LogP contribution is 2.43. The quantitative estimate of drug-likeness (QED) is 0.475. The summed E-state index contributed by atoms with van der Waals surface area (Å²) in [5, 5.41) is 9.94. The van der Waals surface area contributed by atoms with E-state index in [4.69, 9.17) is 23.4 Å². The van der Waals surface area contributed by atoms with E-state index in [-0.39, 0.29) is 36.2 Å². The van der Waals surface area contributed by atoms with Crippen LogP contribution in [0, 0.1) is 11.8 Å². The Labute approximate surface area is 195 Å². The molecule has 0 spiro atoms. The lowest BCUT2D eigenvalue weighted by Gasteiger charge is -2.41. The lowest BCUT2D eigenvalue weighted by Crippen LogP contribution is -2.46. The minimum Gasteiger partial charge on any atom is -0.472 e. The van der Waals surface area contributed by atoms with Crippen molar-refractivity contribution in [3.63, 3.8) is 0 Å². The van der Waals surface area contributed by atoms with Gasteiger partial charge < -0.3 is 28.5 Å². The fraction of sp³-hybridized carbons (Fsp3) is 0.840. The molecule has 1 saturated heterocycles. The summed E-state index contributed by atoms with van der Waals surface area (Å²) in [7, 11) is -1.98. The summed E-state index contributed by atoms with van der Waals surface area (Å²) < 4.78 is 30.6. The zero-order valence-corrected chi connectivity index (χ0v) is 22.1. The van der Waals surface area contributed by atoms with E-state index in [9.17, 15) is 5.11 Å². The van der Waals surface area contributed by atoms with Gasteiger partial charge in [0.05, 0.1) is 12.4 Å². The van der Waals surface area contributed by atoms with Crippen molar-refractivity contribution < 1.29 is 28.5 Å². The molecule has 0 aromatic rings. The predicted molar refractivity (Wildman–Crippen MR) is 127 cm³/mol. The molecule has 1 saturated carbocycles. The number of ether oxygens (including phenoxy) is 4. The number of fused-ring (bicyclic) bond motifs is 1. The molecule has 5 atom stereocenters. The average molecular weight is 469 g/mol. The van der Waals surface area contributed by atoms with Crippen molar-refractivity contribution in [2.24, 2.45) is 11.8 Å². The largest absolute Gasteiger partial charge is 0.472 e. The highest BCUT2D eigenvalue weighted by molar-refractivity contribution is 6.74. The Bertz CT molecular complexity index is 695. The van der Waals surface area contributed by atoms with Gasteiger partial charge in [0, 0.05) is 32.0 Å². The monoisotopic (exact) mass is 468 g/mol. The maximum absolute atomic E-state index is 9.84. The van der Waals surface area contributed by atoms with E-state index in [0.29, 0.717) is 25.6 Å². The molecule has 7 heteroatoms. The number of aliphatic hydroxyl groups excluding tert-OH is 1. The standard InChI is InChI=1S/C25H44O6Si/c1-8-27-23-12-18-10-9-11-19(20(18)15-28-23)22-16-29-24(30-22)13-21(17(2)14-26)31-32(6,7)25(3,4)5/h15,17-18,21,23-24,26H,8-14,16H2,1-7H3/b22-19-/t17-,18-,21-,23-,24?/m0/s1. The molecule has 1 aliphatic carbocycles. The van der Waals surface area contributed by atoms with Gasteiger partial charge in [-0.2, -0.15) is 0 Å². The van der Waals surface area contributed by atoms with E-state index in [1.165, 1.54) is 11.1 Å². The summed E-state index contributed by atoms with van der Waals surface area (Å²) in [4.78, 5) is 0. The highest BCUT2D eigenvalue weighted by atomic mass is 28.4. The van der Waals surface area contributed by atoms with E-state index in [2.05, 4.69) is 33.9 Å². The van der Waals surface area contributed by atoms with Gasteiger partial charge in [0.25, 0.3) is 0 Å². The summed E-state index contributed by atoms with van der Waals surface area (Å²) in [6, 6.07) is 0. The molecule has 184 valence electrons. The number of aliphatic hydroxyl groups is 1. The van der Waals surface area contributed by atoms with Crippen LogP contribution in [-0.4, -0.2) is 51.9 Å². The van der Waals surface area contributed by atoms with Gasteiger partial charge in [-0.1, -0.05) is 27.7 Å². The highest BCUT2D eigenvalue weighted by Gasteiger charge is 2.42. The first-order chi connectivity index (χ1) is 15.1. The van der Waals surface area contributed by atoms with Gasteiger partial charge >= 0.3 is 0 Å². The lowest BCUT2D eigenvalue weighted by atomic mass is 9.78. The van der Waals surface area contributed by atoms with Gasteiger partial charge in [-0.15, -0.1) is 0 Å². The van der Waals surface area contributed by atoms with E-state index in [0.717, 1.165) is 31.4 Å². The molecule has 3 rings (SSSR count). The molecule has 0 bridgehead atoms. The van der Waals surface area contributed by atoms with Crippen LogP contribution in [-0.2, 0) is 23.4 Å². The Kier molecular flexibility index (Phi) is 8.53. The summed E-state index contributed by atoms with van der Waals surface area (Å²) >= 11 is 0. The normalized spacial score (nSPS) is 30.8. The van der Waals surface area contributed by atoms with Crippen LogP contribution < -0.4 is 0 Å². The molecule has 1 unspecified atom stereocenters. The van der Waals surface area contributed by atoms with E-state index in [1.54, 1.807) is 0 Å². The van der Waals surface area contributed by atoms with Crippen molar-refractivity contribution >= 4 is 8.32 Å². The maximum atomic E-state index is 9.84. The molecule has 0 aromatic carbocycles. The second-order valence-electron chi connectivity index (χ2n) is 11.0. The molecule has 2 aliphatic heterocycles. The number of allylic oxidation sites excluding steroid dienone is 2. The van der Waals surface area contributed by atoms with Gasteiger partial charge in [0.1, 0.15) is 12.4 Å². The Balaban J connectivity index is 1.70. The Morgan fingerprint density at radius 1 is 1.28 bits per heavy atom. The van der Waals surface area contributed by atoms with Gasteiger partial charge in [-0.3, -0.25) is 0 Å². The Hall–Kier alpha value is -0.863. The molecule has 3 aliphatic rings. The summed E-state index contributed by atoms with van der Waals surface area (Å²) in [5.41, 5.74) is 2.50. The van der Waals surface area contributed by atoms with Gasteiger partial charge in [-0.05, 0) is 61.4 Å². The van der Waals surface area contributed by atoms with Crippen LogP contribution in [0.3, 0.4) is 0 Å². The van der Waals surface area contributed by atoms with Crippen LogP contribution in [0.5, 0.6) is 0 Å². The fourth-order valence-corrected chi connectivity index (χ4v) is 5.88. The van der Waals surface area contributed by atoms with Gasteiger partial charge in [0.15, 0.2) is 14.6 Å². The van der Waals surface area contributed by atoms with Crippen molar-refractivity contribution in [3.05, 3.63) is 23.2 Å². The van der Waals surface area contributed by atoms with Crippen molar-refractivity contribution in [1.82, 2.24) is 0 Å². The first-order valence-corrected chi connectivity index (χ1v) is 15.2.